The van der Waals surface area contributed by atoms with Gasteiger partial charge in [0.25, 0.3) is 0 Å². The van der Waals surface area contributed by atoms with Crippen molar-refractivity contribution in [3.8, 4) is 17.2 Å². The smallest absolute Gasteiger partial charge is 0.164 e. The maximum Gasteiger partial charge on any atom is 0.164 e. The van der Waals surface area contributed by atoms with Gasteiger partial charge in [0, 0.05) is 25.7 Å². The third-order valence-electron chi connectivity index (χ3n) is 3.03. The molecule has 0 aliphatic heterocycles. The van der Waals surface area contributed by atoms with Crippen molar-refractivity contribution < 1.29 is 18.9 Å². The average Bonchev–Trinajstić information content (AvgIpc) is 2.40. The first kappa shape index (κ1) is 15.4. The standard InChI is InChI=1S/C14H23NO4/c1-14(2,18-5)6-7-19-11-9-13(17-4)12(16-3)8-10(11)15/h8-9H,6-7,15H2,1-5H3. The fourth-order valence-electron chi connectivity index (χ4n) is 1.51. The van der Waals surface area contributed by atoms with Gasteiger partial charge in [0.1, 0.15) is 5.75 Å². The van der Waals surface area contributed by atoms with Gasteiger partial charge in [0.2, 0.25) is 0 Å². The third kappa shape index (κ3) is 4.21. The Morgan fingerprint density at radius 3 is 2.11 bits per heavy atom. The zero-order valence-corrected chi connectivity index (χ0v) is 12.3. The zero-order chi connectivity index (χ0) is 14.5. The molecule has 0 spiro atoms. The summed E-state index contributed by atoms with van der Waals surface area (Å²) >= 11 is 0. The Balaban J connectivity index is 2.73. The molecule has 0 saturated heterocycles. The highest BCUT2D eigenvalue weighted by atomic mass is 16.5. The first-order valence-corrected chi connectivity index (χ1v) is 6.13. The molecule has 0 amide bonds. The van der Waals surface area contributed by atoms with Gasteiger partial charge >= 0.3 is 0 Å². The third-order valence-corrected chi connectivity index (χ3v) is 3.03. The van der Waals surface area contributed by atoms with Crippen molar-refractivity contribution >= 4 is 5.69 Å². The van der Waals surface area contributed by atoms with Crippen molar-refractivity contribution in [1.29, 1.82) is 0 Å². The molecule has 0 aliphatic carbocycles. The van der Waals surface area contributed by atoms with Gasteiger partial charge in [-0.05, 0) is 13.8 Å². The minimum absolute atomic E-state index is 0.217. The maximum atomic E-state index is 5.91. The van der Waals surface area contributed by atoms with E-state index in [-0.39, 0.29) is 5.60 Å². The van der Waals surface area contributed by atoms with Gasteiger partial charge in [-0.25, -0.2) is 0 Å². The van der Waals surface area contributed by atoms with Gasteiger partial charge < -0.3 is 24.7 Å². The van der Waals surface area contributed by atoms with Crippen molar-refractivity contribution in [2.45, 2.75) is 25.9 Å². The summed E-state index contributed by atoms with van der Waals surface area (Å²) in [6.07, 6.45) is 0.761. The Bertz CT molecular complexity index is 418. The molecule has 0 radical (unpaired) electrons. The molecule has 0 aromatic heterocycles. The maximum absolute atomic E-state index is 5.91. The normalized spacial score (nSPS) is 11.2. The quantitative estimate of drug-likeness (QED) is 0.770. The molecule has 1 aromatic rings. The van der Waals surface area contributed by atoms with Crippen LogP contribution in [0, 0.1) is 0 Å². The molecule has 0 atom stereocenters. The lowest BCUT2D eigenvalue weighted by atomic mass is 10.1. The molecule has 0 heterocycles. The van der Waals surface area contributed by atoms with E-state index in [4.69, 9.17) is 24.7 Å². The first-order chi connectivity index (χ1) is 8.93. The van der Waals surface area contributed by atoms with Crippen LogP contribution in [0.5, 0.6) is 17.2 Å². The lowest BCUT2D eigenvalue weighted by molar-refractivity contribution is 0.00550. The summed E-state index contributed by atoms with van der Waals surface area (Å²) in [5.41, 5.74) is 6.22. The second kappa shape index (κ2) is 6.52. The fourth-order valence-corrected chi connectivity index (χ4v) is 1.51. The predicted molar refractivity (Wildman–Crippen MR) is 75.2 cm³/mol. The number of hydrogen-bond acceptors (Lipinski definition) is 5. The van der Waals surface area contributed by atoms with E-state index in [1.54, 1.807) is 33.5 Å². The minimum atomic E-state index is -0.217. The second-order valence-corrected chi connectivity index (χ2v) is 4.81. The molecular weight excluding hydrogens is 246 g/mol. The number of ether oxygens (including phenoxy) is 4. The number of methoxy groups -OCH3 is 3. The summed E-state index contributed by atoms with van der Waals surface area (Å²) in [6, 6.07) is 3.42. The van der Waals surface area contributed by atoms with Crippen molar-refractivity contribution in [2.24, 2.45) is 0 Å². The van der Waals surface area contributed by atoms with Crippen LogP contribution >= 0.6 is 0 Å². The van der Waals surface area contributed by atoms with Crippen molar-refractivity contribution in [2.75, 3.05) is 33.7 Å². The lowest BCUT2D eigenvalue weighted by Crippen LogP contribution is -2.25. The molecular formula is C14H23NO4. The van der Waals surface area contributed by atoms with Crippen LogP contribution in [0.4, 0.5) is 5.69 Å². The monoisotopic (exact) mass is 269 g/mol. The van der Waals surface area contributed by atoms with E-state index in [0.29, 0.717) is 29.5 Å². The molecule has 0 saturated carbocycles. The Labute approximate surface area is 114 Å². The van der Waals surface area contributed by atoms with Crippen LogP contribution in [-0.4, -0.2) is 33.5 Å². The highest BCUT2D eigenvalue weighted by molar-refractivity contribution is 5.61. The van der Waals surface area contributed by atoms with Gasteiger partial charge in [-0.1, -0.05) is 0 Å². The summed E-state index contributed by atoms with van der Waals surface area (Å²) in [4.78, 5) is 0. The molecule has 1 rings (SSSR count). The Morgan fingerprint density at radius 1 is 1.00 bits per heavy atom. The molecule has 19 heavy (non-hydrogen) atoms. The summed E-state index contributed by atoms with van der Waals surface area (Å²) in [5.74, 6) is 1.77. The second-order valence-electron chi connectivity index (χ2n) is 4.81. The molecule has 0 fully saturated rings. The summed E-state index contributed by atoms with van der Waals surface area (Å²) in [6.45, 7) is 4.53. The largest absolute Gasteiger partial charge is 0.493 e. The van der Waals surface area contributed by atoms with Gasteiger partial charge in [-0.3, -0.25) is 0 Å². The Hall–Kier alpha value is -1.62. The molecule has 1 aromatic carbocycles. The summed E-state index contributed by atoms with van der Waals surface area (Å²) < 4.78 is 21.4. The molecule has 0 aliphatic rings. The van der Waals surface area contributed by atoms with Gasteiger partial charge in [0.05, 0.1) is 32.1 Å². The van der Waals surface area contributed by atoms with Crippen molar-refractivity contribution in [1.82, 2.24) is 0 Å². The number of rotatable bonds is 7. The molecule has 5 nitrogen and oxygen atoms in total. The highest BCUT2D eigenvalue weighted by Gasteiger charge is 2.17. The molecule has 108 valence electrons. The molecule has 0 unspecified atom stereocenters. The van der Waals surface area contributed by atoms with Gasteiger partial charge in [-0.2, -0.15) is 0 Å². The minimum Gasteiger partial charge on any atom is -0.493 e. The van der Waals surface area contributed by atoms with Crippen LogP contribution in [0.3, 0.4) is 0 Å². The van der Waals surface area contributed by atoms with E-state index in [2.05, 4.69) is 0 Å². The topological polar surface area (TPSA) is 62.9 Å². The van der Waals surface area contributed by atoms with Crippen LogP contribution in [-0.2, 0) is 4.74 Å². The van der Waals surface area contributed by atoms with E-state index in [9.17, 15) is 0 Å². The molecule has 2 N–H and O–H groups in total. The van der Waals surface area contributed by atoms with E-state index in [1.807, 2.05) is 13.8 Å². The highest BCUT2D eigenvalue weighted by Crippen LogP contribution is 2.36. The predicted octanol–water partition coefficient (Wildman–Crippen LogP) is 2.48. The Kier molecular flexibility index (Phi) is 5.30. The van der Waals surface area contributed by atoms with Crippen molar-refractivity contribution in [3.05, 3.63) is 12.1 Å². The number of benzene rings is 1. The summed E-state index contributed by atoms with van der Waals surface area (Å²) in [7, 11) is 4.83. The fraction of sp³-hybridized carbons (Fsp3) is 0.571. The van der Waals surface area contributed by atoms with Gasteiger partial charge in [0.15, 0.2) is 11.5 Å². The van der Waals surface area contributed by atoms with Crippen molar-refractivity contribution in [3.63, 3.8) is 0 Å². The van der Waals surface area contributed by atoms with E-state index in [1.165, 1.54) is 0 Å². The zero-order valence-electron chi connectivity index (χ0n) is 12.3. The number of nitrogen functional groups attached to an aromatic ring is 1. The van der Waals surface area contributed by atoms with Crippen LogP contribution in [0.15, 0.2) is 12.1 Å². The van der Waals surface area contributed by atoms with E-state index < -0.39 is 0 Å². The lowest BCUT2D eigenvalue weighted by Gasteiger charge is -2.23. The Morgan fingerprint density at radius 2 is 1.58 bits per heavy atom. The number of hydrogen-bond donors (Lipinski definition) is 1. The van der Waals surface area contributed by atoms with E-state index in [0.717, 1.165) is 6.42 Å². The van der Waals surface area contributed by atoms with Crippen LogP contribution in [0.25, 0.3) is 0 Å². The average molecular weight is 269 g/mol. The first-order valence-electron chi connectivity index (χ1n) is 6.13. The van der Waals surface area contributed by atoms with Gasteiger partial charge in [-0.15, -0.1) is 0 Å². The SMILES string of the molecule is COc1cc(N)c(OCCC(C)(C)OC)cc1OC. The van der Waals surface area contributed by atoms with E-state index >= 15 is 0 Å². The summed E-state index contributed by atoms with van der Waals surface area (Å²) in [5, 5.41) is 0. The van der Waals surface area contributed by atoms with Crippen LogP contribution in [0.2, 0.25) is 0 Å². The number of nitrogens with two attached hydrogens (primary N) is 1. The molecule has 0 bridgehead atoms. The molecule has 5 heteroatoms. The van der Waals surface area contributed by atoms with Crippen LogP contribution < -0.4 is 19.9 Å². The van der Waals surface area contributed by atoms with Crippen LogP contribution in [0.1, 0.15) is 20.3 Å². The number of anilines is 1.